The monoisotopic (exact) mass is 370 g/mol. The number of amides is 2. The highest BCUT2D eigenvalue weighted by Gasteiger charge is 2.22. The van der Waals surface area contributed by atoms with Crippen LogP contribution >= 0.6 is 11.3 Å². The highest BCUT2D eigenvalue weighted by atomic mass is 32.1. The van der Waals surface area contributed by atoms with Gasteiger partial charge in [-0.05, 0) is 59.4 Å². The van der Waals surface area contributed by atoms with Crippen LogP contribution in [0.1, 0.15) is 66.0 Å². The average Bonchev–Trinajstić information content (AvgIpc) is 3.09. The van der Waals surface area contributed by atoms with E-state index in [4.69, 9.17) is 0 Å². The normalized spacial score (nSPS) is 16.7. The zero-order chi connectivity index (χ0) is 18.7. The standard InChI is InChI=1S/C21H26N2O2S/c1-21(2,3)15-9-7-14(8-10-15)20(25)22-13-19(24)23-17-5-4-6-18-16(17)11-12-26-18/h7-12,17H,4-6,13H2,1-3H3,(H,22,25)(H,23,24)/t17-/m1/s1. The second-order valence-corrected chi connectivity index (χ2v) is 8.82. The van der Waals surface area contributed by atoms with Gasteiger partial charge in [0, 0.05) is 10.4 Å². The fraction of sp³-hybridized carbons (Fsp3) is 0.429. The van der Waals surface area contributed by atoms with Gasteiger partial charge >= 0.3 is 0 Å². The lowest BCUT2D eigenvalue weighted by atomic mass is 9.87. The molecule has 0 aliphatic heterocycles. The van der Waals surface area contributed by atoms with E-state index in [9.17, 15) is 9.59 Å². The molecular weight excluding hydrogens is 344 g/mol. The van der Waals surface area contributed by atoms with Crippen molar-refractivity contribution in [2.24, 2.45) is 0 Å². The Labute approximate surface area is 159 Å². The lowest BCUT2D eigenvalue weighted by Gasteiger charge is -2.23. The van der Waals surface area contributed by atoms with E-state index in [-0.39, 0.29) is 29.8 Å². The van der Waals surface area contributed by atoms with E-state index in [0.717, 1.165) is 19.3 Å². The summed E-state index contributed by atoms with van der Waals surface area (Å²) in [5, 5.41) is 7.85. The van der Waals surface area contributed by atoms with Gasteiger partial charge in [-0.3, -0.25) is 9.59 Å². The van der Waals surface area contributed by atoms with Crippen LogP contribution in [0.25, 0.3) is 0 Å². The van der Waals surface area contributed by atoms with Gasteiger partial charge in [-0.25, -0.2) is 0 Å². The van der Waals surface area contributed by atoms with E-state index in [1.807, 2.05) is 24.3 Å². The number of nitrogens with one attached hydrogen (secondary N) is 2. The minimum absolute atomic E-state index is 0.00414. The minimum Gasteiger partial charge on any atom is -0.348 e. The Morgan fingerprint density at radius 3 is 2.58 bits per heavy atom. The average molecular weight is 371 g/mol. The molecule has 0 fully saturated rings. The topological polar surface area (TPSA) is 58.2 Å². The Bertz CT molecular complexity index is 787. The first-order valence-electron chi connectivity index (χ1n) is 9.09. The number of benzene rings is 1. The molecule has 1 aliphatic rings. The van der Waals surface area contributed by atoms with Crippen molar-refractivity contribution < 1.29 is 9.59 Å². The summed E-state index contributed by atoms with van der Waals surface area (Å²) in [5.41, 5.74) is 3.04. The van der Waals surface area contributed by atoms with Crippen LogP contribution in [0.15, 0.2) is 35.7 Å². The lowest BCUT2D eigenvalue weighted by molar-refractivity contribution is -0.121. The molecule has 0 spiro atoms. The van der Waals surface area contributed by atoms with Gasteiger partial charge in [0.25, 0.3) is 5.91 Å². The first kappa shape index (κ1) is 18.6. The number of carbonyl (C=O) groups is 2. The largest absolute Gasteiger partial charge is 0.348 e. The quantitative estimate of drug-likeness (QED) is 0.855. The van der Waals surface area contributed by atoms with Crippen LogP contribution in [-0.4, -0.2) is 18.4 Å². The van der Waals surface area contributed by atoms with Crippen molar-refractivity contribution in [3.05, 3.63) is 57.3 Å². The van der Waals surface area contributed by atoms with Crippen LogP contribution in [0.5, 0.6) is 0 Å². The van der Waals surface area contributed by atoms with Gasteiger partial charge in [-0.1, -0.05) is 32.9 Å². The highest BCUT2D eigenvalue weighted by Crippen LogP contribution is 2.33. The van der Waals surface area contributed by atoms with Crippen LogP contribution < -0.4 is 10.6 Å². The molecule has 1 aliphatic carbocycles. The van der Waals surface area contributed by atoms with Crippen LogP contribution in [0.3, 0.4) is 0 Å². The fourth-order valence-electron chi connectivity index (χ4n) is 3.27. The number of carbonyl (C=O) groups excluding carboxylic acids is 2. The minimum atomic E-state index is -0.222. The molecule has 138 valence electrons. The van der Waals surface area contributed by atoms with E-state index in [2.05, 4.69) is 42.9 Å². The van der Waals surface area contributed by atoms with Gasteiger partial charge in [-0.15, -0.1) is 11.3 Å². The van der Waals surface area contributed by atoms with Gasteiger partial charge < -0.3 is 10.6 Å². The fourth-order valence-corrected chi connectivity index (χ4v) is 4.25. The molecule has 0 saturated carbocycles. The zero-order valence-corrected chi connectivity index (χ0v) is 16.4. The molecule has 1 aromatic heterocycles. The first-order chi connectivity index (χ1) is 12.3. The molecule has 26 heavy (non-hydrogen) atoms. The molecule has 0 saturated heterocycles. The summed E-state index contributed by atoms with van der Waals surface area (Å²) >= 11 is 1.75. The second-order valence-electron chi connectivity index (χ2n) is 7.82. The predicted octanol–water partition coefficient (Wildman–Crippen LogP) is 3.97. The van der Waals surface area contributed by atoms with Gasteiger partial charge in [0.1, 0.15) is 0 Å². The highest BCUT2D eigenvalue weighted by molar-refractivity contribution is 7.10. The van der Waals surface area contributed by atoms with E-state index < -0.39 is 0 Å². The molecule has 1 atom stereocenters. The summed E-state index contributed by atoms with van der Waals surface area (Å²) in [6, 6.07) is 9.73. The maximum Gasteiger partial charge on any atom is 0.251 e. The van der Waals surface area contributed by atoms with Crippen LogP contribution in [0, 0.1) is 0 Å². The Morgan fingerprint density at radius 2 is 1.88 bits per heavy atom. The molecule has 2 aromatic rings. The molecule has 3 rings (SSSR count). The summed E-state index contributed by atoms with van der Waals surface area (Å²) in [4.78, 5) is 25.9. The molecule has 2 amide bonds. The van der Waals surface area contributed by atoms with Gasteiger partial charge in [0.05, 0.1) is 12.6 Å². The molecule has 1 aromatic carbocycles. The predicted molar refractivity (Wildman–Crippen MR) is 106 cm³/mol. The van der Waals surface area contributed by atoms with Crippen LogP contribution in [-0.2, 0) is 16.6 Å². The van der Waals surface area contributed by atoms with E-state index >= 15 is 0 Å². The van der Waals surface area contributed by atoms with Crippen molar-refractivity contribution in [2.45, 2.75) is 51.5 Å². The third-order valence-corrected chi connectivity index (χ3v) is 5.81. The molecular formula is C21H26N2O2S. The SMILES string of the molecule is CC(C)(C)c1ccc(C(=O)NCC(=O)N[C@@H]2CCCc3sccc32)cc1. The molecule has 0 unspecified atom stereocenters. The Kier molecular flexibility index (Phi) is 5.47. The molecule has 2 N–H and O–H groups in total. The summed E-state index contributed by atoms with van der Waals surface area (Å²) in [6.45, 7) is 6.40. The van der Waals surface area contributed by atoms with Crippen molar-refractivity contribution in [3.63, 3.8) is 0 Å². The Hall–Kier alpha value is -2.14. The van der Waals surface area contributed by atoms with Crippen LogP contribution in [0.4, 0.5) is 0 Å². The summed E-state index contributed by atoms with van der Waals surface area (Å²) in [7, 11) is 0. The van der Waals surface area contributed by atoms with Gasteiger partial charge in [0.15, 0.2) is 0 Å². The van der Waals surface area contributed by atoms with Crippen molar-refractivity contribution in [1.29, 1.82) is 0 Å². The molecule has 0 bridgehead atoms. The summed E-state index contributed by atoms with van der Waals surface area (Å²) < 4.78 is 0. The molecule has 1 heterocycles. The number of hydrogen-bond donors (Lipinski definition) is 2. The van der Waals surface area contributed by atoms with Crippen molar-refractivity contribution in [3.8, 4) is 0 Å². The second kappa shape index (κ2) is 7.62. The van der Waals surface area contributed by atoms with Gasteiger partial charge in [-0.2, -0.15) is 0 Å². The molecule has 4 nitrogen and oxygen atoms in total. The summed E-state index contributed by atoms with van der Waals surface area (Å²) in [6.07, 6.45) is 3.14. The van der Waals surface area contributed by atoms with Crippen molar-refractivity contribution in [1.82, 2.24) is 10.6 Å². The number of fused-ring (bicyclic) bond motifs is 1. The smallest absolute Gasteiger partial charge is 0.251 e. The third-order valence-electron chi connectivity index (χ3n) is 4.81. The number of aryl methyl sites for hydroxylation is 1. The van der Waals surface area contributed by atoms with E-state index in [1.165, 1.54) is 16.0 Å². The number of thiophene rings is 1. The van der Waals surface area contributed by atoms with Crippen molar-refractivity contribution in [2.75, 3.05) is 6.54 Å². The Balaban J connectivity index is 1.53. The Morgan fingerprint density at radius 1 is 1.15 bits per heavy atom. The molecule has 5 heteroatoms. The number of rotatable bonds is 4. The summed E-state index contributed by atoms with van der Waals surface area (Å²) in [5.74, 6) is -0.366. The maximum absolute atomic E-state index is 12.3. The van der Waals surface area contributed by atoms with E-state index in [1.54, 1.807) is 11.3 Å². The lowest BCUT2D eigenvalue weighted by Crippen LogP contribution is -2.39. The number of hydrogen-bond acceptors (Lipinski definition) is 3. The van der Waals surface area contributed by atoms with Gasteiger partial charge in [0.2, 0.25) is 5.91 Å². The third kappa shape index (κ3) is 4.33. The van der Waals surface area contributed by atoms with Crippen molar-refractivity contribution >= 4 is 23.2 Å². The zero-order valence-electron chi connectivity index (χ0n) is 15.6. The maximum atomic E-state index is 12.3. The first-order valence-corrected chi connectivity index (χ1v) is 9.97. The van der Waals surface area contributed by atoms with E-state index in [0.29, 0.717) is 5.56 Å². The molecule has 0 radical (unpaired) electrons. The van der Waals surface area contributed by atoms with Crippen LogP contribution in [0.2, 0.25) is 0 Å².